The Hall–Kier alpha value is -2.81. The first-order valence-corrected chi connectivity index (χ1v) is 11.5. The summed E-state index contributed by atoms with van der Waals surface area (Å²) in [6.45, 7) is 2.15. The number of amides is 2. The average Bonchev–Trinajstić information content (AvgIpc) is 3.19. The van der Waals surface area contributed by atoms with E-state index in [1.165, 1.54) is 6.07 Å². The molecule has 0 spiro atoms. The van der Waals surface area contributed by atoms with Gasteiger partial charge in [-0.15, -0.1) is 0 Å². The van der Waals surface area contributed by atoms with E-state index in [0.29, 0.717) is 48.0 Å². The number of piperidine rings is 1. The summed E-state index contributed by atoms with van der Waals surface area (Å²) in [5.41, 5.74) is 1.68. The molecule has 8 nitrogen and oxygen atoms in total. The normalized spacial score (nSPS) is 21.3. The van der Waals surface area contributed by atoms with Gasteiger partial charge in [-0.2, -0.15) is 0 Å². The highest BCUT2D eigenvalue weighted by molar-refractivity contribution is 6.30. The van der Waals surface area contributed by atoms with Crippen molar-refractivity contribution in [3.63, 3.8) is 0 Å². The molecule has 1 unspecified atom stereocenters. The van der Waals surface area contributed by atoms with Crippen molar-refractivity contribution < 1.29 is 19.8 Å². The summed E-state index contributed by atoms with van der Waals surface area (Å²) in [6.07, 6.45) is 0.967. The Bertz CT molecular complexity index is 1010. The molecule has 0 bridgehead atoms. The summed E-state index contributed by atoms with van der Waals surface area (Å²) in [5, 5.41) is 27.4. The molecule has 2 aliphatic heterocycles. The van der Waals surface area contributed by atoms with E-state index in [4.69, 9.17) is 11.6 Å². The van der Waals surface area contributed by atoms with E-state index in [0.717, 1.165) is 12.8 Å². The van der Waals surface area contributed by atoms with Crippen LogP contribution < -0.4 is 15.5 Å². The van der Waals surface area contributed by atoms with E-state index in [1.54, 1.807) is 43.4 Å². The van der Waals surface area contributed by atoms with E-state index in [1.807, 2.05) is 9.80 Å². The lowest BCUT2D eigenvalue weighted by Gasteiger charge is -2.34. The predicted octanol–water partition coefficient (Wildman–Crippen LogP) is 1.85. The van der Waals surface area contributed by atoms with Gasteiger partial charge in [0.15, 0.2) is 0 Å². The summed E-state index contributed by atoms with van der Waals surface area (Å²) < 4.78 is 0. The number of nitrogens with one attached hydrogen (secondary N) is 2. The highest BCUT2D eigenvalue weighted by Gasteiger charge is 2.35. The van der Waals surface area contributed by atoms with Gasteiger partial charge in [-0.05, 0) is 49.2 Å². The Balaban J connectivity index is 1.35. The summed E-state index contributed by atoms with van der Waals surface area (Å²) in [4.78, 5) is 28.7. The quantitative estimate of drug-likeness (QED) is 0.529. The van der Waals surface area contributed by atoms with E-state index >= 15 is 0 Å². The third kappa shape index (κ3) is 5.24. The topological polar surface area (TPSA) is 105 Å². The first-order chi connectivity index (χ1) is 15.9. The first-order valence-electron chi connectivity index (χ1n) is 11.1. The van der Waals surface area contributed by atoms with Crippen molar-refractivity contribution in [1.29, 1.82) is 0 Å². The number of aliphatic hydroxyl groups is 1. The zero-order chi connectivity index (χ0) is 23.5. The molecule has 2 saturated heterocycles. The number of aliphatic hydroxyl groups excluding tert-OH is 1. The molecular formula is C24H29ClN4O4. The standard InChI is InChI=1S/C24H29ClN4O4/c1-26-23(32)19-7-6-18(30)12-21(19)29-13-20(22(31)14-29)27-17-8-10-28(11-9-17)24(33)15-2-4-16(25)5-3-15/h2-7,12,17,20,22,27,30-31H,8-11,13-14H2,1H3,(H,26,32)/t20?,22-/m1/s1. The summed E-state index contributed by atoms with van der Waals surface area (Å²) >= 11 is 5.91. The molecule has 2 heterocycles. The fraction of sp³-hybridized carbons (Fsp3) is 0.417. The van der Waals surface area contributed by atoms with Gasteiger partial charge in [0.05, 0.1) is 23.4 Å². The number of carbonyl (C=O) groups is 2. The molecule has 4 rings (SSSR count). The number of nitrogens with zero attached hydrogens (tertiary/aromatic N) is 2. The molecule has 2 aromatic rings. The molecule has 2 aliphatic rings. The van der Waals surface area contributed by atoms with Gasteiger partial charge in [-0.1, -0.05) is 11.6 Å². The van der Waals surface area contributed by atoms with Crippen LogP contribution in [-0.2, 0) is 0 Å². The third-order valence-electron chi connectivity index (χ3n) is 6.41. The van der Waals surface area contributed by atoms with E-state index in [2.05, 4.69) is 10.6 Å². The number of hydrogen-bond acceptors (Lipinski definition) is 6. The van der Waals surface area contributed by atoms with Crippen molar-refractivity contribution in [3.05, 3.63) is 58.6 Å². The van der Waals surface area contributed by atoms with Gasteiger partial charge in [-0.25, -0.2) is 0 Å². The summed E-state index contributed by atoms with van der Waals surface area (Å²) in [6, 6.07) is 11.6. The Labute approximate surface area is 198 Å². The minimum atomic E-state index is -0.612. The minimum absolute atomic E-state index is 0.00260. The second kappa shape index (κ2) is 9.99. The van der Waals surface area contributed by atoms with Crippen LogP contribution in [0.5, 0.6) is 5.75 Å². The number of anilines is 1. The lowest BCUT2D eigenvalue weighted by molar-refractivity contribution is 0.0691. The highest BCUT2D eigenvalue weighted by atomic mass is 35.5. The Morgan fingerprint density at radius 3 is 2.42 bits per heavy atom. The molecule has 4 N–H and O–H groups in total. The van der Waals surface area contributed by atoms with Crippen LogP contribution in [0.3, 0.4) is 0 Å². The van der Waals surface area contributed by atoms with Crippen molar-refractivity contribution in [3.8, 4) is 5.75 Å². The van der Waals surface area contributed by atoms with Crippen molar-refractivity contribution in [2.45, 2.75) is 31.0 Å². The molecule has 2 aromatic carbocycles. The Morgan fingerprint density at radius 2 is 1.76 bits per heavy atom. The molecule has 0 saturated carbocycles. The zero-order valence-electron chi connectivity index (χ0n) is 18.5. The number of likely N-dealkylation sites (tertiary alicyclic amines) is 1. The maximum absolute atomic E-state index is 12.7. The monoisotopic (exact) mass is 472 g/mol. The first kappa shape index (κ1) is 23.4. The van der Waals surface area contributed by atoms with Gasteiger partial charge >= 0.3 is 0 Å². The molecule has 2 amide bonds. The van der Waals surface area contributed by atoms with E-state index < -0.39 is 6.10 Å². The number of halogens is 1. The molecule has 0 radical (unpaired) electrons. The second-order valence-electron chi connectivity index (χ2n) is 8.60. The van der Waals surface area contributed by atoms with Crippen molar-refractivity contribution in [2.75, 3.05) is 38.1 Å². The fourth-order valence-electron chi connectivity index (χ4n) is 4.58. The van der Waals surface area contributed by atoms with Gasteiger partial charge in [0.25, 0.3) is 11.8 Å². The molecule has 33 heavy (non-hydrogen) atoms. The number of phenolic OH excluding ortho intramolecular Hbond substituents is 1. The fourth-order valence-corrected chi connectivity index (χ4v) is 4.71. The number of aromatic hydroxyl groups is 1. The Morgan fingerprint density at radius 1 is 1.06 bits per heavy atom. The molecule has 2 atom stereocenters. The van der Waals surface area contributed by atoms with Crippen LogP contribution in [-0.4, -0.2) is 78.3 Å². The van der Waals surface area contributed by atoms with Crippen LogP contribution in [0.25, 0.3) is 0 Å². The van der Waals surface area contributed by atoms with Crippen molar-refractivity contribution in [1.82, 2.24) is 15.5 Å². The van der Waals surface area contributed by atoms with Gasteiger partial charge in [0.2, 0.25) is 0 Å². The number of phenols is 1. The molecule has 2 fully saturated rings. The smallest absolute Gasteiger partial charge is 0.253 e. The van der Waals surface area contributed by atoms with Gasteiger partial charge < -0.3 is 30.6 Å². The summed E-state index contributed by atoms with van der Waals surface area (Å²) in [7, 11) is 1.56. The number of carbonyl (C=O) groups excluding carboxylic acids is 2. The molecule has 176 valence electrons. The van der Waals surface area contributed by atoms with Crippen LogP contribution in [0, 0.1) is 0 Å². The molecule has 9 heteroatoms. The van der Waals surface area contributed by atoms with E-state index in [9.17, 15) is 19.8 Å². The lowest BCUT2D eigenvalue weighted by atomic mass is 10.0. The summed E-state index contributed by atoms with van der Waals surface area (Å²) in [5.74, 6) is -0.169. The lowest BCUT2D eigenvalue weighted by Crippen LogP contribution is -2.50. The second-order valence-corrected chi connectivity index (χ2v) is 9.04. The van der Waals surface area contributed by atoms with Crippen LogP contribution >= 0.6 is 11.6 Å². The maximum Gasteiger partial charge on any atom is 0.253 e. The van der Waals surface area contributed by atoms with Gasteiger partial charge in [0.1, 0.15) is 5.75 Å². The van der Waals surface area contributed by atoms with Crippen molar-refractivity contribution >= 4 is 29.1 Å². The number of hydrogen-bond donors (Lipinski definition) is 4. The third-order valence-corrected chi connectivity index (χ3v) is 6.66. The van der Waals surface area contributed by atoms with Crippen LogP contribution in [0.1, 0.15) is 33.6 Å². The van der Waals surface area contributed by atoms with Crippen LogP contribution in [0.15, 0.2) is 42.5 Å². The SMILES string of the molecule is CNC(=O)c1ccc(O)cc1N1CC(NC2CCN(C(=O)c3ccc(Cl)cc3)CC2)[C@H](O)C1. The van der Waals surface area contributed by atoms with Gasteiger partial charge in [0, 0.05) is 55.9 Å². The minimum Gasteiger partial charge on any atom is -0.508 e. The largest absolute Gasteiger partial charge is 0.508 e. The average molecular weight is 473 g/mol. The van der Waals surface area contributed by atoms with Crippen LogP contribution in [0.4, 0.5) is 5.69 Å². The van der Waals surface area contributed by atoms with Crippen LogP contribution in [0.2, 0.25) is 5.02 Å². The molecule has 0 aliphatic carbocycles. The Kier molecular flexibility index (Phi) is 7.07. The highest BCUT2D eigenvalue weighted by Crippen LogP contribution is 2.29. The number of rotatable bonds is 5. The van der Waals surface area contributed by atoms with Crippen molar-refractivity contribution in [2.24, 2.45) is 0 Å². The number of benzene rings is 2. The van der Waals surface area contributed by atoms with Gasteiger partial charge in [-0.3, -0.25) is 9.59 Å². The maximum atomic E-state index is 12.7. The van der Waals surface area contributed by atoms with E-state index in [-0.39, 0.29) is 29.6 Å². The zero-order valence-corrected chi connectivity index (χ0v) is 19.3. The number of β-amino-alcohol motifs (C(OH)–C–C–N with tert-alkyl or cyclic N) is 1. The predicted molar refractivity (Wildman–Crippen MR) is 127 cm³/mol. The molecule has 0 aromatic heterocycles. The molecular weight excluding hydrogens is 444 g/mol.